The number of nitrogens with two attached hydrogens (primary N) is 5. The Kier molecular flexibility index (Phi) is 26.6. The number of aromatic amines is 1. The summed E-state index contributed by atoms with van der Waals surface area (Å²) in [7, 11) is -1.72. The van der Waals surface area contributed by atoms with Crippen molar-refractivity contribution in [1.29, 1.82) is 0 Å². The second-order valence-corrected chi connectivity index (χ2v) is 25.8. The van der Waals surface area contributed by atoms with Crippen LogP contribution in [0, 0.1) is 41.5 Å². The van der Waals surface area contributed by atoms with E-state index in [1.807, 2.05) is 66.8 Å². The molecule has 524 valence electrons. The van der Waals surface area contributed by atoms with E-state index in [1.54, 1.807) is 85.0 Å². The molecule has 30 nitrogen and oxygen atoms in total. The van der Waals surface area contributed by atoms with Gasteiger partial charge in [0.05, 0.1) is 37.2 Å². The molecule has 10 rings (SSSR count). The van der Waals surface area contributed by atoms with Crippen molar-refractivity contribution >= 4 is 44.9 Å². The van der Waals surface area contributed by atoms with Gasteiger partial charge in [-0.1, -0.05) is 69.2 Å². The lowest BCUT2D eigenvalue weighted by Gasteiger charge is -2.15. The van der Waals surface area contributed by atoms with E-state index in [0.29, 0.717) is 98.6 Å². The summed E-state index contributed by atoms with van der Waals surface area (Å²) in [5.74, 6) is 10.5. The Bertz CT molecular complexity index is 4660. The Labute approximate surface area is 575 Å². The van der Waals surface area contributed by atoms with Gasteiger partial charge in [-0.15, -0.1) is 0 Å². The van der Waals surface area contributed by atoms with Crippen molar-refractivity contribution in [2.75, 3.05) is 39.6 Å². The Hall–Kier alpha value is -11.5. The van der Waals surface area contributed by atoms with Gasteiger partial charge in [0.2, 0.25) is 10.0 Å². The zero-order valence-corrected chi connectivity index (χ0v) is 59.7. The lowest BCUT2D eigenvalue weighted by atomic mass is 10.0. The van der Waals surface area contributed by atoms with Crippen LogP contribution in [0.4, 0.5) is 34.9 Å². The summed E-state index contributed by atoms with van der Waals surface area (Å²) in [5.41, 5.74) is 34.3. The van der Waals surface area contributed by atoms with Gasteiger partial charge in [-0.05, 0) is 77.2 Å². The summed E-state index contributed by atoms with van der Waals surface area (Å²) in [4.78, 5) is 78.9. The SMILES string of the molecule is Cc1cc(Oc2cnc(C)nc2N)c(C(C)C)cn1.Cc1ncc(Oc2cc(=O)[nH]cc2C(C)C)c(N)n1.Cc1ncc(Oc2cc(=O)n(C)cc2C(C)C)c(N)n1.Cc1ncc(Oc2cc(NS(C)(=O)=O)ncc2C(C)C)c(N)n1.Cc1ncc(Oc2ccncc2C(C)C)c(N)n1. The minimum atomic E-state index is -3.43. The lowest BCUT2D eigenvalue weighted by Crippen LogP contribution is -2.17. The minimum absolute atomic E-state index is 0.123. The molecule has 12 N–H and O–H groups in total. The van der Waals surface area contributed by atoms with Crippen LogP contribution in [-0.4, -0.2) is 89.0 Å². The maximum Gasteiger partial charge on any atom is 0.254 e. The van der Waals surface area contributed by atoms with Crippen molar-refractivity contribution < 1.29 is 32.1 Å². The Morgan fingerprint density at radius 2 is 0.768 bits per heavy atom. The summed E-state index contributed by atoms with van der Waals surface area (Å²) in [6, 6.07) is 8.07. The molecule has 0 unspecified atom stereocenters. The average Bonchev–Trinajstić information content (AvgIpc) is 0.950. The van der Waals surface area contributed by atoms with Gasteiger partial charge in [0.15, 0.2) is 57.8 Å². The number of hydrogen-bond acceptors (Lipinski definition) is 27. The molecule has 0 aliphatic heterocycles. The molecule has 0 atom stereocenters. The molecule has 10 aromatic heterocycles. The molecule has 0 saturated carbocycles. The third-order valence-electron chi connectivity index (χ3n) is 13.9. The van der Waals surface area contributed by atoms with Crippen molar-refractivity contribution in [2.24, 2.45) is 7.05 Å². The number of anilines is 6. The fourth-order valence-corrected chi connectivity index (χ4v) is 9.22. The molecule has 0 spiro atoms. The molecule has 10 aromatic rings. The average molecular weight is 1370 g/mol. The van der Waals surface area contributed by atoms with Crippen molar-refractivity contribution in [3.8, 4) is 57.5 Å². The summed E-state index contributed by atoms with van der Waals surface area (Å²) in [5, 5.41) is 0. The number of aromatic nitrogens is 15. The van der Waals surface area contributed by atoms with Crippen LogP contribution < -0.4 is 68.2 Å². The molecule has 0 amide bonds. The van der Waals surface area contributed by atoms with E-state index in [9.17, 15) is 18.0 Å². The standard InChI is InChI=1S/C14H19N5O3S.C14H18N4O2.C14H18N4O.C13H16N4O2.C13H16N4O/c1-8(2)10-6-17-13(19-23(4,20)21)5-11(10)22-12-7-16-9(3)18-14(12)15;1-8(2)10-7-18(4)13(19)5-11(10)20-12-6-16-9(3)17-14(12)15;1-8(2)11-6-16-9(3)5-12(11)19-13-7-17-10(4)18-14(13)15;1-7(2)9-5-16-12(18)4-10(9)19-11-6-15-8(3)17-13(11)14;1-8(2)10-6-15-5-4-11(10)18-12-7-16-9(3)17-13(12)14/h5-8H,1-4H3,(H,17,19)(H2,15,16,18);5-8H,1-4H3,(H2,15,16,17);5-8H,1-4H3,(H2,15,17,18);4-7H,1-3H3,(H,16,18)(H2,14,15,17);4-8H,1-3H3,(H2,14,16,17). The first-order chi connectivity index (χ1) is 46.5. The largest absolute Gasteiger partial charge is 0.451 e. The van der Waals surface area contributed by atoms with E-state index >= 15 is 0 Å². The van der Waals surface area contributed by atoms with Crippen LogP contribution in [0.1, 0.15) is 161 Å². The molecule has 0 bridgehead atoms. The Morgan fingerprint density at radius 3 is 1.14 bits per heavy atom. The first kappa shape index (κ1) is 76.5. The molecule has 0 aromatic carbocycles. The summed E-state index contributed by atoms with van der Waals surface area (Å²) >= 11 is 0. The predicted octanol–water partition coefficient (Wildman–Crippen LogP) is 11.7. The summed E-state index contributed by atoms with van der Waals surface area (Å²) < 4.78 is 55.3. The molecule has 99 heavy (non-hydrogen) atoms. The second-order valence-electron chi connectivity index (χ2n) is 24.0. The van der Waals surface area contributed by atoms with Crippen LogP contribution in [-0.2, 0) is 17.1 Å². The van der Waals surface area contributed by atoms with E-state index in [4.69, 9.17) is 52.4 Å². The number of H-pyrrole nitrogens is 1. The van der Waals surface area contributed by atoms with Gasteiger partial charge < -0.3 is 61.9 Å². The van der Waals surface area contributed by atoms with Gasteiger partial charge in [-0.2, -0.15) is 0 Å². The van der Waals surface area contributed by atoms with E-state index < -0.39 is 10.0 Å². The first-order valence-electron chi connectivity index (χ1n) is 31.2. The summed E-state index contributed by atoms with van der Waals surface area (Å²) in [6.45, 7) is 31.1. The number of nitrogen functional groups attached to an aromatic ring is 5. The maximum atomic E-state index is 11.8. The quantitative estimate of drug-likeness (QED) is 0.0445. The van der Waals surface area contributed by atoms with Crippen LogP contribution in [0.3, 0.4) is 0 Å². The van der Waals surface area contributed by atoms with Gasteiger partial charge >= 0.3 is 0 Å². The zero-order valence-electron chi connectivity index (χ0n) is 58.9. The van der Waals surface area contributed by atoms with Gasteiger partial charge in [-0.25, -0.2) is 63.2 Å². The van der Waals surface area contributed by atoms with Crippen LogP contribution in [0.25, 0.3) is 0 Å². The molecule has 0 aliphatic rings. The van der Waals surface area contributed by atoms with Crippen molar-refractivity contribution in [2.45, 2.75) is 140 Å². The number of hydrogen-bond donors (Lipinski definition) is 7. The van der Waals surface area contributed by atoms with E-state index in [0.717, 1.165) is 51.3 Å². The Balaban J connectivity index is 0.000000196. The molecular weight excluding hydrogens is 1290 g/mol. The fraction of sp³-hybridized carbons (Fsp3) is 0.338. The third kappa shape index (κ3) is 22.8. The third-order valence-corrected chi connectivity index (χ3v) is 14.5. The molecule has 0 radical (unpaired) electrons. The van der Waals surface area contributed by atoms with Gasteiger partial charge in [0.1, 0.15) is 63.7 Å². The van der Waals surface area contributed by atoms with Gasteiger partial charge in [0, 0.05) is 102 Å². The van der Waals surface area contributed by atoms with E-state index in [1.165, 1.54) is 41.4 Å². The predicted molar refractivity (Wildman–Crippen MR) is 381 cm³/mol. The number of aryl methyl sites for hydroxylation is 7. The molecule has 31 heteroatoms. The smallest absolute Gasteiger partial charge is 0.254 e. The second kappa shape index (κ2) is 34.4. The normalized spacial score (nSPS) is 10.9. The van der Waals surface area contributed by atoms with Crippen LogP contribution in [0.15, 0.2) is 108 Å². The van der Waals surface area contributed by atoms with Crippen molar-refractivity contribution in [1.82, 2.24) is 74.3 Å². The van der Waals surface area contributed by atoms with Crippen molar-refractivity contribution in [3.05, 3.63) is 182 Å². The van der Waals surface area contributed by atoms with Crippen LogP contribution >= 0.6 is 0 Å². The van der Waals surface area contributed by atoms with Gasteiger partial charge in [-0.3, -0.25) is 24.3 Å². The highest BCUT2D eigenvalue weighted by atomic mass is 32.2. The lowest BCUT2D eigenvalue weighted by molar-refractivity contribution is 0.466. The summed E-state index contributed by atoms with van der Waals surface area (Å²) in [6.07, 6.45) is 19.0. The first-order valence-corrected chi connectivity index (χ1v) is 33.1. The monoisotopic (exact) mass is 1370 g/mol. The number of pyridine rings is 5. The number of sulfonamides is 1. The molecule has 0 saturated heterocycles. The number of nitrogens with zero attached hydrogens (tertiary/aromatic N) is 14. The van der Waals surface area contributed by atoms with Gasteiger partial charge in [0.25, 0.3) is 11.1 Å². The van der Waals surface area contributed by atoms with Crippen molar-refractivity contribution in [3.63, 3.8) is 0 Å². The maximum absolute atomic E-state index is 11.8. The Morgan fingerprint density at radius 1 is 0.424 bits per heavy atom. The minimum Gasteiger partial charge on any atom is -0.451 e. The molecule has 10 heterocycles. The molecule has 0 fully saturated rings. The highest BCUT2D eigenvalue weighted by Crippen LogP contribution is 2.37. The zero-order chi connectivity index (χ0) is 73.2. The fourth-order valence-electron chi connectivity index (χ4n) is 8.73. The highest BCUT2D eigenvalue weighted by molar-refractivity contribution is 7.92. The molecule has 0 aliphatic carbocycles. The number of nitrogens with one attached hydrogen (secondary N) is 2. The number of rotatable bonds is 17. The number of ether oxygens (including phenoxy) is 5. The topological polar surface area (TPSA) is 445 Å². The van der Waals surface area contributed by atoms with Crippen LogP contribution in [0.5, 0.6) is 57.5 Å². The van der Waals surface area contributed by atoms with E-state index in [-0.39, 0.29) is 52.1 Å². The van der Waals surface area contributed by atoms with Crippen LogP contribution in [0.2, 0.25) is 0 Å². The molecular formula is C68H87N21O9S. The van der Waals surface area contributed by atoms with E-state index in [2.05, 4.69) is 102 Å². The highest BCUT2D eigenvalue weighted by Gasteiger charge is 2.19.